The predicted molar refractivity (Wildman–Crippen MR) is 55.3 cm³/mol. The van der Waals surface area contributed by atoms with Crippen molar-refractivity contribution < 1.29 is 0 Å². The van der Waals surface area contributed by atoms with Crippen molar-refractivity contribution >= 4 is 27.3 Å². The normalized spacial score (nSPS) is 20.5. The van der Waals surface area contributed by atoms with E-state index >= 15 is 0 Å². The Bertz CT molecular complexity index is 270. The SMILES string of the molecule is NC(c1ccc(Br)s1)C1CNC1. The molecule has 1 aliphatic rings. The standard InChI is InChI=1S/C8H11BrN2S/c9-7-2-1-6(12-7)8(10)5-3-11-4-5/h1-2,5,8,11H,3-4,10H2. The van der Waals surface area contributed by atoms with Gasteiger partial charge in [-0.25, -0.2) is 0 Å². The first-order chi connectivity index (χ1) is 5.77. The molecule has 4 heteroatoms. The highest BCUT2D eigenvalue weighted by molar-refractivity contribution is 9.11. The van der Waals surface area contributed by atoms with E-state index in [1.807, 2.05) is 0 Å². The second-order valence-electron chi connectivity index (χ2n) is 3.09. The molecule has 1 atom stereocenters. The van der Waals surface area contributed by atoms with Crippen LogP contribution in [0.3, 0.4) is 0 Å². The molecule has 1 unspecified atom stereocenters. The average molecular weight is 247 g/mol. The number of nitrogens with two attached hydrogens (primary N) is 1. The molecule has 1 fully saturated rings. The summed E-state index contributed by atoms with van der Waals surface area (Å²) < 4.78 is 1.17. The number of hydrogen-bond donors (Lipinski definition) is 2. The minimum Gasteiger partial charge on any atom is -0.323 e. The van der Waals surface area contributed by atoms with Gasteiger partial charge >= 0.3 is 0 Å². The van der Waals surface area contributed by atoms with Crippen LogP contribution in [0.1, 0.15) is 10.9 Å². The molecule has 1 aromatic rings. The van der Waals surface area contributed by atoms with Crippen LogP contribution in [-0.2, 0) is 0 Å². The maximum absolute atomic E-state index is 6.06. The summed E-state index contributed by atoms with van der Waals surface area (Å²) in [6.07, 6.45) is 0. The fraction of sp³-hybridized carbons (Fsp3) is 0.500. The minimum absolute atomic E-state index is 0.225. The van der Waals surface area contributed by atoms with Crippen molar-refractivity contribution in [2.24, 2.45) is 11.7 Å². The number of nitrogens with one attached hydrogen (secondary N) is 1. The first kappa shape index (κ1) is 8.69. The molecule has 12 heavy (non-hydrogen) atoms. The van der Waals surface area contributed by atoms with Gasteiger partial charge in [-0.15, -0.1) is 11.3 Å². The molecule has 66 valence electrons. The van der Waals surface area contributed by atoms with Gasteiger partial charge in [-0.05, 0) is 28.1 Å². The number of hydrogen-bond acceptors (Lipinski definition) is 3. The smallest absolute Gasteiger partial charge is 0.0701 e. The van der Waals surface area contributed by atoms with Crippen molar-refractivity contribution in [3.05, 3.63) is 20.8 Å². The highest BCUT2D eigenvalue weighted by Crippen LogP contribution is 2.30. The van der Waals surface area contributed by atoms with Crippen LogP contribution < -0.4 is 11.1 Å². The van der Waals surface area contributed by atoms with Crippen LogP contribution in [0.2, 0.25) is 0 Å². The summed E-state index contributed by atoms with van der Waals surface area (Å²) >= 11 is 5.17. The largest absolute Gasteiger partial charge is 0.323 e. The third kappa shape index (κ3) is 1.57. The molecule has 2 nitrogen and oxygen atoms in total. The molecule has 0 aliphatic carbocycles. The van der Waals surface area contributed by atoms with Crippen molar-refractivity contribution in [3.8, 4) is 0 Å². The van der Waals surface area contributed by atoms with E-state index in [-0.39, 0.29) is 6.04 Å². The molecule has 0 saturated carbocycles. The Labute approximate surface area is 84.3 Å². The van der Waals surface area contributed by atoms with Crippen molar-refractivity contribution in [2.75, 3.05) is 13.1 Å². The van der Waals surface area contributed by atoms with E-state index in [1.54, 1.807) is 11.3 Å². The Hall–Kier alpha value is 0.1000. The lowest BCUT2D eigenvalue weighted by Crippen LogP contribution is -2.47. The van der Waals surface area contributed by atoms with Gasteiger partial charge in [-0.2, -0.15) is 0 Å². The lowest BCUT2D eigenvalue weighted by atomic mass is 9.94. The average Bonchev–Trinajstić information content (AvgIpc) is 2.31. The van der Waals surface area contributed by atoms with Gasteiger partial charge in [0, 0.05) is 29.9 Å². The van der Waals surface area contributed by atoms with Crippen molar-refractivity contribution in [1.82, 2.24) is 5.32 Å². The van der Waals surface area contributed by atoms with Gasteiger partial charge in [0.25, 0.3) is 0 Å². The van der Waals surface area contributed by atoms with Crippen LogP contribution in [0.4, 0.5) is 0 Å². The quantitative estimate of drug-likeness (QED) is 0.835. The van der Waals surface area contributed by atoms with Gasteiger partial charge in [-0.1, -0.05) is 0 Å². The molecule has 1 aromatic heterocycles. The Kier molecular flexibility index (Phi) is 2.50. The minimum atomic E-state index is 0.225. The van der Waals surface area contributed by atoms with Gasteiger partial charge in [0.1, 0.15) is 0 Å². The fourth-order valence-corrected chi connectivity index (χ4v) is 2.82. The van der Waals surface area contributed by atoms with Crippen molar-refractivity contribution in [2.45, 2.75) is 6.04 Å². The van der Waals surface area contributed by atoms with Crippen LogP contribution in [0, 0.1) is 5.92 Å². The first-order valence-corrected chi connectivity index (χ1v) is 5.60. The highest BCUT2D eigenvalue weighted by Gasteiger charge is 2.25. The Morgan fingerprint density at radius 2 is 2.33 bits per heavy atom. The molecule has 1 saturated heterocycles. The number of halogens is 1. The van der Waals surface area contributed by atoms with Gasteiger partial charge < -0.3 is 11.1 Å². The van der Waals surface area contributed by atoms with E-state index in [0.29, 0.717) is 5.92 Å². The maximum atomic E-state index is 6.06. The zero-order valence-corrected chi connectivity index (χ0v) is 8.99. The Morgan fingerprint density at radius 3 is 2.75 bits per heavy atom. The zero-order valence-electron chi connectivity index (χ0n) is 6.59. The van der Waals surface area contributed by atoms with Crippen LogP contribution >= 0.6 is 27.3 Å². The van der Waals surface area contributed by atoms with E-state index < -0.39 is 0 Å². The van der Waals surface area contributed by atoms with Crippen LogP contribution in [-0.4, -0.2) is 13.1 Å². The van der Waals surface area contributed by atoms with E-state index in [9.17, 15) is 0 Å². The van der Waals surface area contributed by atoms with E-state index in [4.69, 9.17) is 5.73 Å². The maximum Gasteiger partial charge on any atom is 0.0701 e. The summed E-state index contributed by atoms with van der Waals surface area (Å²) in [5.41, 5.74) is 6.06. The molecule has 0 radical (unpaired) electrons. The molecule has 0 spiro atoms. The summed E-state index contributed by atoms with van der Waals surface area (Å²) in [6, 6.07) is 4.39. The number of rotatable bonds is 2. The van der Waals surface area contributed by atoms with Gasteiger partial charge in [0.2, 0.25) is 0 Å². The molecule has 0 amide bonds. The molecule has 3 N–H and O–H groups in total. The summed E-state index contributed by atoms with van der Waals surface area (Å²) in [4.78, 5) is 1.29. The van der Waals surface area contributed by atoms with E-state index in [0.717, 1.165) is 13.1 Å². The number of thiophene rings is 1. The second kappa shape index (κ2) is 3.46. The van der Waals surface area contributed by atoms with Crippen LogP contribution in [0.25, 0.3) is 0 Å². The third-order valence-corrected chi connectivity index (χ3v) is 3.97. The fourth-order valence-electron chi connectivity index (χ4n) is 1.30. The molecule has 0 bridgehead atoms. The van der Waals surface area contributed by atoms with Crippen LogP contribution in [0.5, 0.6) is 0 Å². The summed E-state index contributed by atoms with van der Waals surface area (Å²) in [7, 11) is 0. The van der Waals surface area contributed by atoms with Gasteiger partial charge in [0.05, 0.1) is 3.79 Å². The van der Waals surface area contributed by atoms with E-state index in [1.165, 1.54) is 8.66 Å². The van der Waals surface area contributed by atoms with E-state index in [2.05, 4.69) is 33.4 Å². The lowest BCUT2D eigenvalue weighted by molar-refractivity contribution is 0.297. The summed E-state index contributed by atoms with van der Waals surface area (Å²) in [5, 5.41) is 3.23. The summed E-state index contributed by atoms with van der Waals surface area (Å²) in [6.45, 7) is 2.13. The molecule has 2 heterocycles. The Balaban J connectivity index is 2.08. The molecule has 1 aliphatic heterocycles. The highest BCUT2D eigenvalue weighted by atomic mass is 79.9. The first-order valence-electron chi connectivity index (χ1n) is 3.99. The summed E-state index contributed by atoms with van der Waals surface area (Å²) in [5.74, 6) is 0.635. The molecule has 2 rings (SSSR count). The Morgan fingerprint density at radius 1 is 1.58 bits per heavy atom. The molecule has 0 aromatic carbocycles. The van der Waals surface area contributed by atoms with Gasteiger partial charge in [0.15, 0.2) is 0 Å². The third-order valence-electron chi connectivity index (χ3n) is 2.24. The predicted octanol–water partition coefficient (Wildman–Crippen LogP) is 1.73. The molecular weight excluding hydrogens is 236 g/mol. The second-order valence-corrected chi connectivity index (χ2v) is 5.58. The lowest BCUT2D eigenvalue weighted by Gasteiger charge is -2.31. The van der Waals surface area contributed by atoms with Gasteiger partial charge in [-0.3, -0.25) is 0 Å². The van der Waals surface area contributed by atoms with Crippen molar-refractivity contribution in [1.29, 1.82) is 0 Å². The van der Waals surface area contributed by atoms with Crippen LogP contribution in [0.15, 0.2) is 15.9 Å². The van der Waals surface area contributed by atoms with Crippen molar-refractivity contribution in [3.63, 3.8) is 0 Å². The topological polar surface area (TPSA) is 38.0 Å². The molecular formula is C8H11BrN2S. The monoisotopic (exact) mass is 246 g/mol. The zero-order chi connectivity index (χ0) is 8.55.